The SMILES string of the molecule is CSCCCCNCC(=O)NC(C)(C)C. The molecule has 0 aliphatic rings. The molecule has 1 amide bonds. The van der Waals surface area contributed by atoms with Crippen molar-refractivity contribution in [1.82, 2.24) is 10.6 Å². The van der Waals surface area contributed by atoms with E-state index in [1.165, 1.54) is 12.2 Å². The molecule has 3 nitrogen and oxygen atoms in total. The number of unbranched alkanes of at least 4 members (excludes halogenated alkanes) is 1. The third-order valence-electron chi connectivity index (χ3n) is 1.75. The van der Waals surface area contributed by atoms with Crippen LogP contribution < -0.4 is 10.6 Å². The molecular formula is C11H24N2OS. The van der Waals surface area contributed by atoms with E-state index in [0.717, 1.165) is 13.0 Å². The first kappa shape index (κ1) is 14.8. The third-order valence-corrected chi connectivity index (χ3v) is 2.45. The first-order valence-corrected chi connectivity index (χ1v) is 6.86. The van der Waals surface area contributed by atoms with Crippen LogP contribution in [0.2, 0.25) is 0 Å². The lowest BCUT2D eigenvalue weighted by atomic mass is 10.1. The molecule has 0 saturated carbocycles. The van der Waals surface area contributed by atoms with Gasteiger partial charge in [0.25, 0.3) is 0 Å². The van der Waals surface area contributed by atoms with Gasteiger partial charge in [-0.2, -0.15) is 11.8 Å². The Labute approximate surface area is 97.8 Å². The Balaban J connectivity index is 3.32. The number of thioether (sulfide) groups is 1. The van der Waals surface area contributed by atoms with Gasteiger partial charge >= 0.3 is 0 Å². The molecule has 0 spiro atoms. The van der Waals surface area contributed by atoms with Crippen LogP contribution in [0.25, 0.3) is 0 Å². The predicted octanol–water partition coefficient (Wildman–Crippen LogP) is 1.63. The van der Waals surface area contributed by atoms with Crippen molar-refractivity contribution in [3.05, 3.63) is 0 Å². The average Bonchev–Trinajstić information content (AvgIpc) is 2.08. The van der Waals surface area contributed by atoms with E-state index in [-0.39, 0.29) is 11.4 Å². The molecular weight excluding hydrogens is 208 g/mol. The Bertz CT molecular complexity index is 178. The molecule has 0 aromatic rings. The van der Waals surface area contributed by atoms with Gasteiger partial charge in [0.2, 0.25) is 5.91 Å². The molecule has 0 aromatic carbocycles. The Morgan fingerprint density at radius 3 is 2.47 bits per heavy atom. The fourth-order valence-corrected chi connectivity index (χ4v) is 1.65. The quantitative estimate of drug-likeness (QED) is 0.656. The van der Waals surface area contributed by atoms with Crippen molar-refractivity contribution in [1.29, 1.82) is 0 Å². The van der Waals surface area contributed by atoms with Crippen molar-refractivity contribution in [2.24, 2.45) is 0 Å². The minimum atomic E-state index is -0.127. The molecule has 0 heterocycles. The van der Waals surface area contributed by atoms with Crippen LogP contribution in [0.5, 0.6) is 0 Å². The number of hydrogen-bond acceptors (Lipinski definition) is 3. The second-order valence-electron chi connectivity index (χ2n) is 4.67. The summed E-state index contributed by atoms with van der Waals surface area (Å²) >= 11 is 1.87. The van der Waals surface area contributed by atoms with E-state index in [2.05, 4.69) is 16.9 Å². The van der Waals surface area contributed by atoms with Crippen molar-refractivity contribution in [2.45, 2.75) is 39.2 Å². The van der Waals surface area contributed by atoms with Gasteiger partial charge in [0.05, 0.1) is 6.54 Å². The first-order chi connectivity index (χ1) is 6.95. The summed E-state index contributed by atoms with van der Waals surface area (Å²) in [7, 11) is 0. The molecule has 4 heteroatoms. The molecule has 90 valence electrons. The largest absolute Gasteiger partial charge is 0.350 e. The lowest BCUT2D eigenvalue weighted by Crippen LogP contribution is -2.44. The summed E-state index contributed by atoms with van der Waals surface area (Å²) < 4.78 is 0. The molecule has 0 atom stereocenters. The van der Waals surface area contributed by atoms with E-state index < -0.39 is 0 Å². The van der Waals surface area contributed by atoms with Gasteiger partial charge in [-0.3, -0.25) is 4.79 Å². The Kier molecular flexibility index (Phi) is 7.88. The zero-order valence-corrected chi connectivity index (χ0v) is 11.2. The van der Waals surface area contributed by atoms with Gasteiger partial charge < -0.3 is 10.6 Å². The van der Waals surface area contributed by atoms with E-state index in [4.69, 9.17) is 0 Å². The lowest BCUT2D eigenvalue weighted by Gasteiger charge is -2.20. The normalized spacial score (nSPS) is 11.5. The summed E-state index contributed by atoms with van der Waals surface area (Å²) in [5.74, 6) is 1.28. The second kappa shape index (κ2) is 7.99. The van der Waals surface area contributed by atoms with Crippen molar-refractivity contribution < 1.29 is 4.79 Å². The Morgan fingerprint density at radius 2 is 1.93 bits per heavy atom. The molecule has 2 N–H and O–H groups in total. The minimum Gasteiger partial charge on any atom is -0.350 e. The van der Waals surface area contributed by atoms with Crippen molar-refractivity contribution in [3.8, 4) is 0 Å². The zero-order valence-electron chi connectivity index (χ0n) is 10.4. The Hall–Kier alpha value is -0.220. The number of carbonyl (C=O) groups excluding carboxylic acids is 1. The molecule has 0 fully saturated rings. The second-order valence-corrected chi connectivity index (χ2v) is 5.66. The van der Waals surface area contributed by atoms with E-state index in [1.807, 2.05) is 32.5 Å². The monoisotopic (exact) mass is 232 g/mol. The standard InChI is InChI=1S/C11H24N2OS/c1-11(2,3)13-10(14)9-12-7-5-6-8-15-4/h12H,5-9H2,1-4H3,(H,13,14). The van der Waals surface area contributed by atoms with Gasteiger partial charge in [0.1, 0.15) is 0 Å². The highest BCUT2D eigenvalue weighted by molar-refractivity contribution is 7.98. The number of nitrogens with one attached hydrogen (secondary N) is 2. The lowest BCUT2D eigenvalue weighted by molar-refractivity contribution is -0.121. The van der Waals surface area contributed by atoms with Gasteiger partial charge in [0.15, 0.2) is 0 Å². The number of carbonyl (C=O) groups is 1. The summed E-state index contributed by atoms with van der Waals surface area (Å²) in [6, 6.07) is 0. The van der Waals surface area contributed by atoms with Gasteiger partial charge in [-0.1, -0.05) is 0 Å². The van der Waals surface area contributed by atoms with Crippen molar-refractivity contribution in [3.63, 3.8) is 0 Å². The number of amides is 1. The fourth-order valence-electron chi connectivity index (χ4n) is 1.16. The maximum Gasteiger partial charge on any atom is 0.234 e. The molecule has 0 aromatic heterocycles. The summed E-state index contributed by atoms with van der Waals surface area (Å²) in [4.78, 5) is 11.4. The smallest absolute Gasteiger partial charge is 0.234 e. The van der Waals surface area contributed by atoms with E-state index in [1.54, 1.807) is 0 Å². The third kappa shape index (κ3) is 11.7. The average molecular weight is 232 g/mol. The highest BCUT2D eigenvalue weighted by atomic mass is 32.2. The van der Waals surface area contributed by atoms with Gasteiger partial charge in [-0.05, 0) is 52.2 Å². The number of hydrogen-bond donors (Lipinski definition) is 2. The van der Waals surface area contributed by atoms with Crippen molar-refractivity contribution in [2.75, 3.05) is 25.1 Å². The minimum absolute atomic E-state index is 0.0763. The van der Waals surface area contributed by atoms with Crippen LogP contribution in [0.15, 0.2) is 0 Å². The summed E-state index contributed by atoms with van der Waals surface area (Å²) in [6.07, 6.45) is 4.48. The van der Waals surface area contributed by atoms with E-state index in [9.17, 15) is 4.79 Å². The molecule has 0 rings (SSSR count). The van der Waals surface area contributed by atoms with Crippen LogP contribution in [-0.2, 0) is 4.79 Å². The van der Waals surface area contributed by atoms with Crippen LogP contribution in [0, 0.1) is 0 Å². The van der Waals surface area contributed by atoms with Gasteiger partial charge in [0, 0.05) is 5.54 Å². The van der Waals surface area contributed by atoms with Crippen LogP contribution in [0.3, 0.4) is 0 Å². The molecule has 15 heavy (non-hydrogen) atoms. The number of rotatable bonds is 7. The molecule has 0 radical (unpaired) electrons. The highest BCUT2D eigenvalue weighted by Gasteiger charge is 2.12. The first-order valence-electron chi connectivity index (χ1n) is 5.46. The zero-order chi connectivity index (χ0) is 11.7. The van der Waals surface area contributed by atoms with Gasteiger partial charge in [-0.25, -0.2) is 0 Å². The fraction of sp³-hybridized carbons (Fsp3) is 0.909. The van der Waals surface area contributed by atoms with E-state index >= 15 is 0 Å². The van der Waals surface area contributed by atoms with Crippen LogP contribution in [0.4, 0.5) is 0 Å². The molecule has 0 aliphatic carbocycles. The maximum absolute atomic E-state index is 11.4. The topological polar surface area (TPSA) is 41.1 Å². The molecule has 0 aliphatic heterocycles. The molecule has 0 unspecified atom stereocenters. The summed E-state index contributed by atoms with van der Waals surface area (Å²) in [5, 5.41) is 6.06. The highest BCUT2D eigenvalue weighted by Crippen LogP contribution is 1.98. The van der Waals surface area contributed by atoms with Crippen LogP contribution in [-0.4, -0.2) is 36.5 Å². The van der Waals surface area contributed by atoms with Gasteiger partial charge in [-0.15, -0.1) is 0 Å². The molecule has 0 saturated heterocycles. The van der Waals surface area contributed by atoms with Crippen molar-refractivity contribution >= 4 is 17.7 Å². The van der Waals surface area contributed by atoms with Crippen LogP contribution >= 0.6 is 11.8 Å². The summed E-state index contributed by atoms with van der Waals surface area (Å²) in [6.45, 7) is 7.32. The van der Waals surface area contributed by atoms with E-state index in [0.29, 0.717) is 6.54 Å². The molecule has 0 bridgehead atoms. The predicted molar refractivity (Wildman–Crippen MR) is 68.4 cm³/mol. The van der Waals surface area contributed by atoms with Crippen LogP contribution in [0.1, 0.15) is 33.6 Å². The maximum atomic E-state index is 11.4. The Morgan fingerprint density at radius 1 is 1.27 bits per heavy atom. The summed E-state index contributed by atoms with van der Waals surface area (Å²) in [5.41, 5.74) is -0.127.